The molecule has 2 rings (SSSR count). The van der Waals surface area contributed by atoms with Crippen LogP contribution in [-0.2, 0) is 21.4 Å². The van der Waals surface area contributed by atoms with Crippen LogP contribution in [0.15, 0.2) is 23.1 Å². The fourth-order valence-electron chi connectivity index (χ4n) is 2.45. The lowest BCUT2D eigenvalue weighted by atomic mass is 10.1. The zero-order chi connectivity index (χ0) is 14.9. The molecular weight excluding hydrogens is 278 g/mol. The molecule has 1 aliphatic rings. The molecule has 1 heterocycles. The van der Waals surface area contributed by atoms with Gasteiger partial charge in [0.15, 0.2) is 0 Å². The van der Waals surface area contributed by atoms with E-state index in [1.54, 1.807) is 18.2 Å². The molecule has 1 aromatic rings. The van der Waals surface area contributed by atoms with Gasteiger partial charge in [-0.1, -0.05) is 6.07 Å². The van der Waals surface area contributed by atoms with Gasteiger partial charge in [-0.2, -0.15) is 4.31 Å². The van der Waals surface area contributed by atoms with Crippen molar-refractivity contribution in [3.05, 3.63) is 29.3 Å². The number of rotatable bonds is 3. The van der Waals surface area contributed by atoms with Crippen LogP contribution in [-0.4, -0.2) is 43.1 Å². The molecule has 112 valence electrons. The van der Waals surface area contributed by atoms with Crippen molar-refractivity contribution in [2.75, 3.05) is 13.1 Å². The van der Waals surface area contributed by atoms with Crippen molar-refractivity contribution in [2.45, 2.75) is 44.5 Å². The van der Waals surface area contributed by atoms with Crippen LogP contribution in [0.1, 0.15) is 25.0 Å². The van der Waals surface area contributed by atoms with E-state index in [-0.39, 0.29) is 23.7 Å². The molecule has 0 saturated carbocycles. The summed E-state index contributed by atoms with van der Waals surface area (Å²) in [5.41, 5.74) is 1.52. The van der Waals surface area contributed by atoms with Gasteiger partial charge >= 0.3 is 0 Å². The normalized spacial score (nSPS) is 24.8. The number of sulfonamides is 1. The molecule has 20 heavy (non-hydrogen) atoms. The molecule has 2 atom stereocenters. The van der Waals surface area contributed by atoms with E-state index in [2.05, 4.69) is 0 Å². The van der Waals surface area contributed by atoms with Gasteiger partial charge < -0.3 is 9.84 Å². The summed E-state index contributed by atoms with van der Waals surface area (Å²) >= 11 is 0. The molecule has 0 spiro atoms. The fraction of sp³-hybridized carbons (Fsp3) is 0.571. The van der Waals surface area contributed by atoms with Gasteiger partial charge in [0.2, 0.25) is 10.0 Å². The maximum atomic E-state index is 12.6. The molecule has 0 aliphatic carbocycles. The average Bonchev–Trinajstić information content (AvgIpc) is 2.37. The van der Waals surface area contributed by atoms with E-state index in [1.807, 2.05) is 20.8 Å². The molecule has 0 radical (unpaired) electrons. The molecule has 6 heteroatoms. The summed E-state index contributed by atoms with van der Waals surface area (Å²) in [4.78, 5) is 0.230. The zero-order valence-corrected chi connectivity index (χ0v) is 12.9. The summed E-state index contributed by atoms with van der Waals surface area (Å²) in [6.07, 6.45) is -0.229. The van der Waals surface area contributed by atoms with E-state index >= 15 is 0 Å². The fourth-order valence-corrected chi connectivity index (χ4v) is 4.10. The van der Waals surface area contributed by atoms with Crippen LogP contribution in [0.5, 0.6) is 0 Å². The summed E-state index contributed by atoms with van der Waals surface area (Å²) in [5, 5.41) is 9.27. The third-order valence-corrected chi connectivity index (χ3v) is 5.34. The summed E-state index contributed by atoms with van der Waals surface area (Å²) in [5.74, 6) is 0. The Labute approximate surface area is 120 Å². The number of hydrogen-bond acceptors (Lipinski definition) is 4. The number of aliphatic hydroxyl groups excluding tert-OH is 1. The van der Waals surface area contributed by atoms with E-state index in [0.717, 1.165) is 5.56 Å². The largest absolute Gasteiger partial charge is 0.392 e. The van der Waals surface area contributed by atoms with Crippen LogP contribution in [0.2, 0.25) is 0 Å². The summed E-state index contributed by atoms with van der Waals surface area (Å²) < 4.78 is 32.3. The number of aliphatic hydroxyl groups is 1. The van der Waals surface area contributed by atoms with E-state index in [0.29, 0.717) is 18.7 Å². The lowest BCUT2D eigenvalue weighted by Crippen LogP contribution is -2.48. The van der Waals surface area contributed by atoms with E-state index < -0.39 is 10.0 Å². The van der Waals surface area contributed by atoms with Gasteiger partial charge in [0, 0.05) is 13.1 Å². The smallest absolute Gasteiger partial charge is 0.243 e. The highest BCUT2D eigenvalue weighted by Gasteiger charge is 2.32. The van der Waals surface area contributed by atoms with Gasteiger partial charge in [-0.05, 0) is 44.0 Å². The number of benzene rings is 1. The Kier molecular flexibility index (Phi) is 4.49. The van der Waals surface area contributed by atoms with Crippen molar-refractivity contribution in [1.29, 1.82) is 0 Å². The number of hydrogen-bond donors (Lipinski definition) is 1. The third-order valence-electron chi connectivity index (χ3n) is 3.51. The van der Waals surface area contributed by atoms with Gasteiger partial charge in [-0.3, -0.25) is 0 Å². The predicted octanol–water partition coefficient (Wildman–Crippen LogP) is 1.29. The Bertz CT molecular complexity index is 575. The lowest BCUT2D eigenvalue weighted by Gasteiger charge is -2.34. The van der Waals surface area contributed by atoms with Crippen molar-refractivity contribution < 1.29 is 18.3 Å². The topological polar surface area (TPSA) is 66.8 Å². The van der Waals surface area contributed by atoms with Crippen molar-refractivity contribution >= 4 is 10.0 Å². The molecule has 5 nitrogen and oxygen atoms in total. The minimum Gasteiger partial charge on any atom is -0.392 e. The molecule has 2 unspecified atom stereocenters. The number of aryl methyl sites for hydroxylation is 1. The van der Waals surface area contributed by atoms with Gasteiger partial charge in [-0.25, -0.2) is 8.42 Å². The highest BCUT2D eigenvalue weighted by atomic mass is 32.2. The first-order valence-corrected chi connectivity index (χ1v) is 8.14. The minimum atomic E-state index is -3.53. The summed E-state index contributed by atoms with van der Waals surface area (Å²) in [7, 11) is -3.53. The Hall–Kier alpha value is -0.950. The number of morpholine rings is 1. The highest BCUT2D eigenvalue weighted by Crippen LogP contribution is 2.23. The SMILES string of the molecule is Cc1ccc(S(=O)(=O)N2CC(C)OC(C)C2)cc1CO. The first-order chi connectivity index (χ1) is 9.34. The summed E-state index contributed by atoms with van der Waals surface area (Å²) in [6, 6.07) is 4.87. The third kappa shape index (κ3) is 3.03. The average molecular weight is 299 g/mol. The quantitative estimate of drug-likeness (QED) is 0.913. The minimum absolute atomic E-state index is 0.115. The molecule has 0 aromatic heterocycles. The number of nitrogens with zero attached hydrogens (tertiary/aromatic N) is 1. The predicted molar refractivity (Wildman–Crippen MR) is 75.9 cm³/mol. The van der Waals surface area contributed by atoms with Gasteiger partial charge in [0.05, 0.1) is 23.7 Å². The Balaban J connectivity index is 2.34. The highest BCUT2D eigenvalue weighted by molar-refractivity contribution is 7.89. The molecule has 1 aromatic carbocycles. The van der Waals surface area contributed by atoms with Gasteiger partial charge in [0.1, 0.15) is 0 Å². The van der Waals surface area contributed by atoms with Crippen LogP contribution in [0.25, 0.3) is 0 Å². The van der Waals surface area contributed by atoms with Crippen LogP contribution in [0, 0.1) is 6.92 Å². The molecule has 0 bridgehead atoms. The first-order valence-electron chi connectivity index (χ1n) is 6.70. The Morgan fingerprint density at radius 3 is 2.45 bits per heavy atom. The lowest BCUT2D eigenvalue weighted by molar-refractivity contribution is -0.0440. The number of ether oxygens (including phenoxy) is 1. The van der Waals surface area contributed by atoms with Crippen molar-refractivity contribution in [3.63, 3.8) is 0 Å². The van der Waals surface area contributed by atoms with Crippen LogP contribution >= 0.6 is 0 Å². The Morgan fingerprint density at radius 1 is 1.30 bits per heavy atom. The molecule has 1 fully saturated rings. The Morgan fingerprint density at radius 2 is 1.90 bits per heavy atom. The van der Waals surface area contributed by atoms with Crippen molar-refractivity contribution in [2.24, 2.45) is 0 Å². The van der Waals surface area contributed by atoms with Crippen LogP contribution in [0.3, 0.4) is 0 Å². The van der Waals surface area contributed by atoms with E-state index in [9.17, 15) is 13.5 Å². The molecule has 1 aliphatic heterocycles. The molecular formula is C14H21NO4S. The zero-order valence-electron chi connectivity index (χ0n) is 12.0. The van der Waals surface area contributed by atoms with E-state index in [1.165, 1.54) is 4.31 Å². The van der Waals surface area contributed by atoms with Gasteiger partial charge in [0.25, 0.3) is 0 Å². The van der Waals surface area contributed by atoms with Gasteiger partial charge in [-0.15, -0.1) is 0 Å². The van der Waals surface area contributed by atoms with Crippen molar-refractivity contribution in [3.8, 4) is 0 Å². The van der Waals surface area contributed by atoms with Crippen molar-refractivity contribution in [1.82, 2.24) is 4.31 Å². The summed E-state index contributed by atoms with van der Waals surface area (Å²) in [6.45, 7) is 6.13. The maximum absolute atomic E-state index is 12.6. The van der Waals surface area contributed by atoms with Crippen LogP contribution in [0.4, 0.5) is 0 Å². The first kappa shape index (κ1) is 15.4. The maximum Gasteiger partial charge on any atom is 0.243 e. The van der Waals surface area contributed by atoms with Crippen LogP contribution < -0.4 is 0 Å². The standard InChI is InChI=1S/C14H21NO4S/c1-10-4-5-14(6-13(10)9-16)20(17,18)15-7-11(2)19-12(3)8-15/h4-6,11-12,16H,7-9H2,1-3H3. The molecule has 1 saturated heterocycles. The monoisotopic (exact) mass is 299 g/mol. The molecule has 0 amide bonds. The molecule has 1 N–H and O–H groups in total. The van der Waals surface area contributed by atoms with E-state index in [4.69, 9.17) is 4.74 Å². The second kappa shape index (κ2) is 5.81. The second-order valence-corrected chi connectivity index (χ2v) is 7.26. The second-order valence-electron chi connectivity index (χ2n) is 5.33.